The van der Waals surface area contributed by atoms with E-state index >= 15 is 0 Å². The van der Waals surface area contributed by atoms with Gasteiger partial charge in [-0.05, 0) is 36.4 Å². The summed E-state index contributed by atoms with van der Waals surface area (Å²) in [6.45, 7) is 3.88. The van der Waals surface area contributed by atoms with Gasteiger partial charge in [0, 0.05) is 57.0 Å². The summed E-state index contributed by atoms with van der Waals surface area (Å²) in [4.78, 5) is 21.1. The van der Waals surface area contributed by atoms with Crippen molar-refractivity contribution in [3.05, 3.63) is 72.3 Å². The van der Waals surface area contributed by atoms with Crippen LogP contribution < -0.4 is 19.9 Å². The highest BCUT2D eigenvalue weighted by atomic mass is 16.5. The van der Waals surface area contributed by atoms with Crippen molar-refractivity contribution in [3.8, 4) is 5.75 Å². The summed E-state index contributed by atoms with van der Waals surface area (Å²) < 4.78 is 7.11. The Morgan fingerprint density at radius 1 is 1.00 bits per heavy atom. The van der Waals surface area contributed by atoms with Gasteiger partial charge >= 0.3 is 0 Å². The second kappa shape index (κ2) is 10.4. The molecule has 0 atom stereocenters. The third-order valence-corrected chi connectivity index (χ3v) is 6.10. The number of rotatable bonds is 8. The van der Waals surface area contributed by atoms with Gasteiger partial charge in [-0.1, -0.05) is 12.1 Å². The molecule has 10 nitrogen and oxygen atoms in total. The zero-order valence-electron chi connectivity index (χ0n) is 19.7. The van der Waals surface area contributed by atoms with Crippen molar-refractivity contribution in [1.82, 2.24) is 30.1 Å². The van der Waals surface area contributed by atoms with Crippen molar-refractivity contribution >= 4 is 23.1 Å². The van der Waals surface area contributed by atoms with Gasteiger partial charge in [0.15, 0.2) is 11.5 Å². The molecule has 1 aliphatic heterocycles. The number of benzene rings is 1. The summed E-state index contributed by atoms with van der Waals surface area (Å²) in [5.41, 5.74) is 2.66. The molecule has 0 bridgehead atoms. The van der Waals surface area contributed by atoms with Gasteiger partial charge in [-0.3, -0.25) is 9.78 Å². The number of piperazine rings is 1. The summed E-state index contributed by atoms with van der Waals surface area (Å²) in [5.74, 6) is 2.35. The van der Waals surface area contributed by atoms with Gasteiger partial charge in [0.2, 0.25) is 5.91 Å². The second-order valence-electron chi connectivity index (χ2n) is 8.35. The maximum atomic E-state index is 12.3. The minimum absolute atomic E-state index is 0.0581. The molecule has 1 amide bonds. The lowest BCUT2D eigenvalue weighted by Crippen LogP contribution is -2.47. The summed E-state index contributed by atoms with van der Waals surface area (Å²) >= 11 is 0. The first-order valence-electron chi connectivity index (χ1n) is 11.7. The van der Waals surface area contributed by atoms with Crippen molar-refractivity contribution in [2.24, 2.45) is 0 Å². The second-order valence-corrected chi connectivity index (χ2v) is 8.35. The normalized spacial score (nSPS) is 13.7. The van der Waals surface area contributed by atoms with E-state index in [1.165, 1.54) is 0 Å². The summed E-state index contributed by atoms with van der Waals surface area (Å²) in [6, 6.07) is 17.7. The van der Waals surface area contributed by atoms with E-state index in [0.717, 1.165) is 49.1 Å². The van der Waals surface area contributed by atoms with Crippen molar-refractivity contribution in [2.45, 2.75) is 19.4 Å². The SMILES string of the molecule is COc1cccc(N2CCN(c3ccc4nnc(CCC(=O)NCc5ccccn5)n4n3)CC2)c1. The zero-order valence-corrected chi connectivity index (χ0v) is 19.7. The fourth-order valence-electron chi connectivity index (χ4n) is 4.15. The van der Waals surface area contributed by atoms with Crippen LogP contribution >= 0.6 is 0 Å². The van der Waals surface area contributed by atoms with Crippen molar-refractivity contribution in [2.75, 3.05) is 43.1 Å². The van der Waals surface area contributed by atoms with Crippen molar-refractivity contribution in [3.63, 3.8) is 0 Å². The van der Waals surface area contributed by atoms with Gasteiger partial charge < -0.3 is 19.9 Å². The lowest BCUT2D eigenvalue weighted by molar-refractivity contribution is -0.121. The largest absolute Gasteiger partial charge is 0.497 e. The number of ether oxygens (including phenoxy) is 1. The molecule has 35 heavy (non-hydrogen) atoms. The Hall–Kier alpha value is -4.21. The number of hydrogen-bond donors (Lipinski definition) is 1. The Balaban J connectivity index is 1.19. The van der Waals surface area contributed by atoms with Gasteiger partial charge in [-0.25, -0.2) is 0 Å². The fourth-order valence-corrected chi connectivity index (χ4v) is 4.15. The molecule has 0 unspecified atom stereocenters. The number of aryl methyl sites for hydroxylation is 1. The number of methoxy groups -OCH3 is 1. The molecule has 0 radical (unpaired) electrons. The molecule has 1 saturated heterocycles. The van der Waals surface area contributed by atoms with E-state index in [0.29, 0.717) is 30.9 Å². The lowest BCUT2D eigenvalue weighted by Gasteiger charge is -2.36. The van der Waals surface area contributed by atoms with E-state index in [2.05, 4.69) is 42.4 Å². The lowest BCUT2D eigenvalue weighted by atomic mass is 10.2. The van der Waals surface area contributed by atoms with Gasteiger partial charge in [0.25, 0.3) is 0 Å². The predicted octanol–water partition coefficient (Wildman–Crippen LogP) is 2.10. The average Bonchev–Trinajstić information content (AvgIpc) is 3.33. The first-order chi connectivity index (χ1) is 17.2. The number of carbonyl (C=O) groups is 1. The monoisotopic (exact) mass is 472 g/mol. The third-order valence-electron chi connectivity index (χ3n) is 6.10. The smallest absolute Gasteiger partial charge is 0.220 e. The molecule has 4 heterocycles. The van der Waals surface area contributed by atoms with E-state index in [9.17, 15) is 4.79 Å². The first-order valence-corrected chi connectivity index (χ1v) is 11.7. The average molecular weight is 473 g/mol. The number of carbonyl (C=O) groups excluding carboxylic acids is 1. The van der Waals surface area contributed by atoms with Crippen LogP contribution in [0.4, 0.5) is 11.5 Å². The molecule has 1 aromatic carbocycles. The highest BCUT2D eigenvalue weighted by molar-refractivity contribution is 5.76. The molecule has 1 fully saturated rings. The number of nitrogens with zero attached hydrogens (tertiary/aromatic N) is 7. The van der Waals surface area contributed by atoms with Crippen LogP contribution in [-0.4, -0.2) is 64.0 Å². The molecule has 180 valence electrons. The van der Waals surface area contributed by atoms with Crippen molar-refractivity contribution in [1.29, 1.82) is 0 Å². The van der Waals surface area contributed by atoms with Crippen LogP contribution in [-0.2, 0) is 17.8 Å². The highest BCUT2D eigenvalue weighted by Gasteiger charge is 2.20. The number of nitrogens with one attached hydrogen (secondary N) is 1. The maximum Gasteiger partial charge on any atom is 0.220 e. The Bertz CT molecular complexity index is 1290. The quantitative estimate of drug-likeness (QED) is 0.416. The van der Waals surface area contributed by atoms with E-state index in [4.69, 9.17) is 9.84 Å². The number of hydrogen-bond acceptors (Lipinski definition) is 8. The molecular weight excluding hydrogens is 444 g/mol. The predicted molar refractivity (Wildman–Crippen MR) is 133 cm³/mol. The van der Waals surface area contributed by atoms with Crippen LogP contribution in [0.15, 0.2) is 60.8 Å². The number of aromatic nitrogens is 5. The van der Waals surface area contributed by atoms with E-state index in [1.807, 2.05) is 42.5 Å². The molecule has 5 rings (SSSR count). The van der Waals surface area contributed by atoms with Crippen LogP contribution in [0, 0.1) is 0 Å². The number of amides is 1. The maximum absolute atomic E-state index is 12.3. The minimum Gasteiger partial charge on any atom is -0.497 e. The zero-order chi connectivity index (χ0) is 24.0. The van der Waals surface area contributed by atoms with Crippen LogP contribution in [0.25, 0.3) is 5.65 Å². The number of anilines is 2. The third kappa shape index (κ3) is 5.32. The van der Waals surface area contributed by atoms with Gasteiger partial charge in [0.1, 0.15) is 11.6 Å². The molecule has 4 aromatic rings. The molecule has 0 saturated carbocycles. The molecule has 1 aliphatic rings. The molecule has 3 aromatic heterocycles. The molecule has 10 heteroatoms. The topological polar surface area (TPSA) is 101 Å². The Morgan fingerprint density at radius 3 is 2.66 bits per heavy atom. The molecule has 0 aliphatic carbocycles. The molecule has 1 N–H and O–H groups in total. The minimum atomic E-state index is -0.0581. The summed E-state index contributed by atoms with van der Waals surface area (Å²) in [5, 5.41) is 16.2. The van der Waals surface area contributed by atoms with Crippen LogP contribution in [0.1, 0.15) is 17.9 Å². The molecule has 0 spiro atoms. The van der Waals surface area contributed by atoms with Crippen LogP contribution in [0.2, 0.25) is 0 Å². The first kappa shape index (κ1) is 22.6. The number of fused-ring (bicyclic) bond motifs is 1. The van der Waals surface area contributed by atoms with Crippen molar-refractivity contribution < 1.29 is 9.53 Å². The van der Waals surface area contributed by atoms with E-state index < -0.39 is 0 Å². The Morgan fingerprint density at radius 2 is 1.86 bits per heavy atom. The Kier molecular flexibility index (Phi) is 6.69. The standard InChI is InChI=1S/C25H28N8O2/c1-35-21-7-4-6-20(17-21)31-13-15-32(16-14-31)24-9-8-22-28-29-23(33(22)30-24)10-11-25(34)27-18-19-5-2-3-12-26-19/h2-9,12,17H,10-11,13-16,18H2,1H3,(H,27,34). The fraction of sp³-hybridized carbons (Fsp3) is 0.320. The van der Waals surface area contributed by atoms with E-state index in [-0.39, 0.29) is 5.91 Å². The Labute approximate surface area is 203 Å². The number of pyridine rings is 1. The molecular formula is C25H28N8O2. The van der Waals surface area contributed by atoms with Gasteiger partial charge in [-0.2, -0.15) is 4.52 Å². The van der Waals surface area contributed by atoms with Gasteiger partial charge in [0.05, 0.1) is 19.3 Å². The highest BCUT2D eigenvalue weighted by Crippen LogP contribution is 2.23. The summed E-state index contributed by atoms with van der Waals surface area (Å²) in [7, 11) is 1.69. The van der Waals surface area contributed by atoms with Crippen LogP contribution in [0.3, 0.4) is 0 Å². The van der Waals surface area contributed by atoms with Crippen LogP contribution in [0.5, 0.6) is 5.75 Å². The van der Waals surface area contributed by atoms with E-state index in [1.54, 1.807) is 17.8 Å². The summed E-state index contributed by atoms with van der Waals surface area (Å²) in [6.07, 6.45) is 2.47. The van der Waals surface area contributed by atoms with Gasteiger partial charge in [-0.15, -0.1) is 15.3 Å².